The molecule has 1 aliphatic rings. The number of carbonyl (C=O) groups is 2. The van der Waals surface area contributed by atoms with Crippen LogP contribution in [0.15, 0.2) is 36.4 Å². The molecule has 1 aliphatic heterocycles. The molecule has 0 radical (unpaired) electrons. The first kappa shape index (κ1) is 13.2. The predicted molar refractivity (Wildman–Crippen MR) is 76.1 cm³/mol. The second kappa shape index (κ2) is 4.94. The third kappa shape index (κ3) is 2.23. The molecule has 5 nitrogen and oxygen atoms in total. The van der Waals surface area contributed by atoms with Gasteiger partial charge in [0, 0.05) is 12.3 Å². The molecule has 0 saturated heterocycles. The van der Waals surface area contributed by atoms with E-state index in [0.29, 0.717) is 11.3 Å². The molecule has 0 fully saturated rings. The highest BCUT2D eigenvalue weighted by molar-refractivity contribution is 6.04. The van der Waals surface area contributed by atoms with Crippen molar-refractivity contribution in [3.63, 3.8) is 0 Å². The van der Waals surface area contributed by atoms with Gasteiger partial charge >= 0.3 is 11.9 Å². The Kier molecular flexibility index (Phi) is 3.10. The monoisotopic (exact) mass is 284 g/mol. The van der Waals surface area contributed by atoms with E-state index in [4.69, 9.17) is 9.47 Å². The zero-order chi connectivity index (χ0) is 15.0. The van der Waals surface area contributed by atoms with Crippen molar-refractivity contribution in [2.75, 3.05) is 6.61 Å². The van der Waals surface area contributed by atoms with Crippen molar-refractivity contribution in [1.82, 2.24) is 0 Å². The molecule has 0 unspecified atom stereocenters. The lowest BCUT2D eigenvalue weighted by Gasteiger charge is -2.21. The molecule has 0 spiro atoms. The van der Waals surface area contributed by atoms with E-state index in [9.17, 15) is 14.7 Å². The van der Waals surface area contributed by atoms with Crippen molar-refractivity contribution >= 4 is 28.5 Å². The van der Waals surface area contributed by atoms with Gasteiger partial charge in [-0.15, -0.1) is 0 Å². The van der Waals surface area contributed by atoms with E-state index in [-0.39, 0.29) is 17.9 Å². The van der Waals surface area contributed by atoms with Crippen molar-refractivity contribution in [3.8, 4) is 5.75 Å². The lowest BCUT2D eigenvalue weighted by molar-refractivity contribution is -0.134. The summed E-state index contributed by atoms with van der Waals surface area (Å²) in [6.07, 6.45) is 1.56. The van der Waals surface area contributed by atoms with E-state index in [1.807, 2.05) is 24.3 Å². The second-order valence-electron chi connectivity index (χ2n) is 4.63. The molecule has 0 atom stereocenters. The van der Waals surface area contributed by atoms with E-state index in [1.54, 1.807) is 12.1 Å². The molecule has 0 saturated carbocycles. The number of esters is 1. The average Bonchev–Trinajstić information content (AvgIpc) is 2.46. The largest absolute Gasteiger partial charge is 0.488 e. The molecule has 3 rings (SSSR count). The first-order valence-electron chi connectivity index (χ1n) is 6.38. The van der Waals surface area contributed by atoms with Crippen LogP contribution in [-0.2, 0) is 9.53 Å². The fraction of sp³-hybridized carbons (Fsp3) is 0.125. The van der Waals surface area contributed by atoms with Gasteiger partial charge in [-0.2, -0.15) is 0 Å². The molecule has 0 aliphatic carbocycles. The first-order chi connectivity index (χ1) is 10.1. The van der Waals surface area contributed by atoms with E-state index in [1.165, 1.54) is 6.92 Å². The number of carbonyl (C=O) groups excluding carboxylic acids is 1. The second-order valence-corrected chi connectivity index (χ2v) is 4.63. The number of carboxylic acids is 1. The lowest BCUT2D eigenvalue weighted by atomic mass is 9.96. The summed E-state index contributed by atoms with van der Waals surface area (Å²) in [6, 6.07) is 8.89. The van der Waals surface area contributed by atoms with Gasteiger partial charge in [-0.1, -0.05) is 24.3 Å². The number of hydrogen-bond donors (Lipinski definition) is 1. The molecule has 2 aromatic carbocycles. The summed E-state index contributed by atoms with van der Waals surface area (Å²) < 4.78 is 10.7. The molecule has 0 amide bonds. The van der Waals surface area contributed by atoms with Gasteiger partial charge in [-0.25, -0.2) is 4.79 Å². The number of hydrogen-bond acceptors (Lipinski definition) is 4. The van der Waals surface area contributed by atoms with Crippen LogP contribution in [0.2, 0.25) is 0 Å². The van der Waals surface area contributed by atoms with Crippen molar-refractivity contribution in [3.05, 3.63) is 47.5 Å². The number of rotatable bonds is 2. The summed E-state index contributed by atoms with van der Waals surface area (Å²) in [6.45, 7) is 1.50. The Bertz CT molecular complexity index is 789. The van der Waals surface area contributed by atoms with Crippen LogP contribution in [0, 0.1) is 0 Å². The molecule has 21 heavy (non-hydrogen) atoms. The first-order valence-corrected chi connectivity index (χ1v) is 6.38. The van der Waals surface area contributed by atoms with Gasteiger partial charge in [-0.05, 0) is 17.5 Å². The van der Waals surface area contributed by atoms with Crippen LogP contribution in [-0.4, -0.2) is 23.7 Å². The maximum absolute atomic E-state index is 11.5. The van der Waals surface area contributed by atoms with Crippen LogP contribution in [0.3, 0.4) is 0 Å². The Morgan fingerprint density at radius 3 is 2.76 bits per heavy atom. The molecule has 1 N–H and O–H groups in total. The van der Waals surface area contributed by atoms with Crippen molar-refractivity contribution in [2.24, 2.45) is 0 Å². The Morgan fingerprint density at radius 1 is 1.29 bits per heavy atom. The third-order valence-corrected chi connectivity index (χ3v) is 3.23. The summed E-state index contributed by atoms with van der Waals surface area (Å²) >= 11 is 0. The van der Waals surface area contributed by atoms with Crippen LogP contribution < -0.4 is 4.74 Å². The quantitative estimate of drug-likeness (QED) is 0.858. The number of benzene rings is 2. The third-order valence-electron chi connectivity index (χ3n) is 3.23. The minimum Gasteiger partial charge on any atom is -0.488 e. The standard InChI is InChI=1S/C16H12O5/c1-9(17)21-13-6-7-20-15-11-5-3-2-4-10(11)8-12(14(13)15)16(18)19/h2-6,8H,7H2,1H3,(H,18,19). The SMILES string of the molecule is CC(=O)OC1=CCOc2c1c(C(=O)O)cc1ccccc21. The van der Waals surface area contributed by atoms with Crippen LogP contribution in [0.4, 0.5) is 0 Å². The van der Waals surface area contributed by atoms with E-state index in [2.05, 4.69) is 0 Å². The smallest absolute Gasteiger partial charge is 0.336 e. The maximum atomic E-state index is 11.5. The molecule has 1 heterocycles. The molecule has 0 bridgehead atoms. The number of ether oxygens (including phenoxy) is 2. The van der Waals surface area contributed by atoms with Crippen LogP contribution >= 0.6 is 0 Å². The maximum Gasteiger partial charge on any atom is 0.336 e. The van der Waals surface area contributed by atoms with E-state index < -0.39 is 11.9 Å². The van der Waals surface area contributed by atoms with Crippen LogP contribution in [0.5, 0.6) is 5.75 Å². The molecule has 106 valence electrons. The Labute approximate surface area is 120 Å². The number of aromatic carboxylic acids is 1. The van der Waals surface area contributed by atoms with E-state index >= 15 is 0 Å². The fourth-order valence-electron chi connectivity index (χ4n) is 2.43. The highest BCUT2D eigenvalue weighted by atomic mass is 16.5. The molecular formula is C16H12O5. The minimum atomic E-state index is -1.10. The van der Waals surface area contributed by atoms with Gasteiger partial charge < -0.3 is 14.6 Å². The Morgan fingerprint density at radius 2 is 2.05 bits per heavy atom. The number of fused-ring (bicyclic) bond motifs is 3. The van der Waals surface area contributed by atoms with Gasteiger partial charge in [0.15, 0.2) is 0 Å². The fourth-order valence-corrected chi connectivity index (χ4v) is 2.43. The molecule has 0 aromatic heterocycles. The molecule has 2 aromatic rings. The van der Waals surface area contributed by atoms with Crippen molar-refractivity contribution < 1.29 is 24.2 Å². The average molecular weight is 284 g/mol. The zero-order valence-corrected chi connectivity index (χ0v) is 11.3. The minimum absolute atomic E-state index is 0.0518. The predicted octanol–water partition coefficient (Wildman–Crippen LogP) is 2.83. The number of carboxylic acid groups (broad SMARTS) is 1. The summed E-state index contributed by atoms with van der Waals surface area (Å²) in [7, 11) is 0. The summed E-state index contributed by atoms with van der Waals surface area (Å²) in [5, 5.41) is 11.0. The zero-order valence-electron chi connectivity index (χ0n) is 11.3. The van der Waals surface area contributed by atoms with Gasteiger partial charge in [0.2, 0.25) is 0 Å². The topological polar surface area (TPSA) is 72.8 Å². The van der Waals surface area contributed by atoms with Gasteiger partial charge in [0.25, 0.3) is 0 Å². The normalized spacial score (nSPS) is 13.1. The van der Waals surface area contributed by atoms with Crippen LogP contribution in [0.25, 0.3) is 16.5 Å². The van der Waals surface area contributed by atoms with E-state index in [0.717, 1.165) is 10.8 Å². The lowest BCUT2D eigenvalue weighted by Crippen LogP contribution is -2.13. The molecule has 5 heteroatoms. The highest BCUT2D eigenvalue weighted by Crippen LogP contribution is 2.39. The van der Waals surface area contributed by atoms with Crippen molar-refractivity contribution in [2.45, 2.75) is 6.92 Å². The Balaban J connectivity index is 2.33. The van der Waals surface area contributed by atoms with Crippen molar-refractivity contribution in [1.29, 1.82) is 0 Å². The Hall–Kier alpha value is -2.82. The highest BCUT2D eigenvalue weighted by Gasteiger charge is 2.26. The summed E-state index contributed by atoms with van der Waals surface area (Å²) in [5.41, 5.74) is 0.360. The van der Waals surface area contributed by atoms with Gasteiger partial charge in [0.1, 0.15) is 18.1 Å². The summed E-state index contributed by atoms with van der Waals surface area (Å²) in [5.74, 6) is -0.935. The van der Waals surface area contributed by atoms with Gasteiger partial charge in [0.05, 0.1) is 11.1 Å². The summed E-state index contributed by atoms with van der Waals surface area (Å²) in [4.78, 5) is 22.7. The van der Waals surface area contributed by atoms with Gasteiger partial charge in [-0.3, -0.25) is 4.79 Å². The molecular weight excluding hydrogens is 272 g/mol. The van der Waals surface area contributed by atoms with Crippen LogP contribution in [0.1, 0.15) is 22.8 Å².